The van der Waals surface area contributed by atoms with Crippen molar-refractivity contribution in [3.05, 3.63) is 34.1 Å². The highest BCUT2D eigenvalue weighted by Gasteiger charge is 2.20. The summed E-state index contributed by atoms with van der Waals surface area (Å²) >= 11 is 3.07. The van der Waals surface area contributed by atoms with E-state index in [1.807, 2.05) is 0 Å². The quantitative estimate of drug-likeness (QED) is 0.868. The molecule has 0 fully saturated rings. The Kier molecular flexibility index (Phi) is 4.62. The molecule has 0 radical (unpaired) electrons. The molecule has 0 saturated carbocycles. The van der Waals surface area contributed by atoms with Crippen molar-refractivity contribution in [3.63, 3.8) is 0 Å². The molecule has 1 rings (SSSR count). The van der Waals surface area contributed by atoms with E-state index >= 15 is 0 Å². The minimum atomic E-state index is -0.834. The van der Waals surface area contributed by atoms with Gasteiger partial charge < -0.3 is 10.1 Å². The van der Waals surface area contributed by atoms with E-state index in [0.29, 0.717) is 4.47 Å². The molecule has 1 atom stereocenters. The van der Waals surface area contributed by atoms with Gasteiger partial charge in [0.25, 0.3) is 5.91 Å². The first-order chi connectivity index (χ1) is 7.97. The van der Waals surface area contributed by atoms with Crippen LogP contribution >= 0.6 is 15.9 Å². The molecule has 0 saturated heterocycles. The molecule has 92 valence electrons. The number of esters is 1. The number of hydrogen-bond donors (Lipinski definition) is 1. The summed E-state index contributed by atoms with van der Waals surface area (Å²) < 4.78 is 18.2. The van der Waals surface area contributed by atoms with Crippen LogP contribution in [-0.4, -0.2) is 25.0 Å². The maximum Gasteiger partial charge on any atom is 0.328 e. The lowest BCUT2D eigenvalue weighted by atomic mass is 10.2. The highest BCUT2D eigenvalue weighted by atomic mass is 79.9. The van der Waals surface area contributed by atoms with Crippen LogP contribution in [-0.2, 0) is 9.53 Å². The molecule has 0 heterocycles. The Morgan fingerprint density at radius 2 is 2.12 bits per heavy atom. The molecule has 1 aromatic carbocycles. The number of amides is 1. The van der Waals surface area contributed by atoms with Gasteiger partial charge in [0, 0.05) is 4.47 Å². The Balaban J connectivity index is 2.87. The zero-order valence-electron chi connectivity index (χ0n) is 9.29. The van der Waals surface area contributed by atoms with Crippen molar-refractivity contribution >= 4 is 27.8 Å². The van der Waals surface area contributed by atoms with Gasteiger partial charge in [-0.25, -0.2) is 9.18 Å². The Hall–Kier alpha value is -1.43. The van der Waals surface area contributed by atoms with Crippen LogP contribution < -0.4 is 5.32 Å². The van der Waals surface area contributed by atoms with Gasteiger partial charge in [0.2, 0.25) is 0 Å². The average molecular weight is 304 g/mol. The van der Waals surface area contributed by atoms with E-state index in [9.17, 15) is 14.0 Å². The highest BCUT2D eigenvalue weighted by Crippen LogP contribution is 2.19. The minimum absolute atomic E-state index is 0.136. The van der Waals surface area contributed by atoms with Crippen LogP contribution in [0.1, 0.15) is 17.3 Å². The van der Waals surface area contributed by atoms with Crippen LogP contribution in [0.5, 0.6) is 0 Å². The summed E-state index contributed by atoms with van der Waals surface area (Å²) in [6.45, 7) is 1.46. The molecule has 6 heteroatoms. The number of hydrogen-bond acceptors (Lipinski definition) is 3. The molecule has 4 nitrogen and oxygen atoms in total. The Labute approximate surface area is 106 Å². The minimum Gasteiger partial charge on any atom is -0.467 e. The summed E-state index contributed by atoms with van der Waals surface area (Å²) in [5.74, 6) is -1.92. The van der Waals surface area contributed by atoms with E-state index in [-0.39, 0.29) is 5.56 Å². The highest BCUT2D eigenvalue weighted by molar-refractivity contribution is 9.10. The van der Waals surface area contributed by atoms with Crippen molar-refractivity contribution in [1.29, 1.82) is 0 Å². The Morgan fingerprint density at radius 1 is 1.47 bits per heavy atom. The summed E-state index contributed by atoms with van der Waals surface area (Å²) in [7, 11) is 1.21. The third kappa shape index (κ3) is 3.26. The van der Waals surface area contributed by atoms with Crippen LogP contribution in [0.15, 0.2) is 22.7 Å². The third-order valence-electron chi connectivity index (χ3n) is 2.09. The number of nitrogens with one attached hydrogen (secondary N) is 1. The second-order valence-electron chi connectivity index (χ2n) is 3.31. The van der Waals surface area contributed by atoms with Crippen LogP contribution in [0.4, 0.5) is 4.39 Å². The fourth-order valence-electron chi connectivity index (χ4n) is 1.22. The van der Waals surface area contributed by atoms with Crippen molar-refractivity contribution in [2.75, 3.05) is 7.11 Å². The second kappa shape index (κ2) is 5.77. The summed E-state index contributed by atoms with van der Waals surface area (Å²) in [4.78, 5) is 22.8. The molecular formula is C11H11BrFNO3. The SMILES string of the molecule is COC(=O)C(C)NC(=O)c1c(F)cccc1Br. The molecule has 1 amide bonds. The smallest absolute Gasteiger partial charge is 0.328 e. The molecule has 1 N–H and O–H groups in total. The predicted molar refractivity (Wildman–Crippen MR) is 63.0 cm³/mol. The molecule has 0 spiro atoms. The van der Waals surface area contributed by atoms with Crippen molar-refractivity contribution in [3.8, 4) is 0 Å². The van der Waals surface area contributed by atoms with E-state index in [0.717, 1.165) is 0 Å². The molecule has 0 aliphatic heterocycles. The number of ether oxygens (including phenoxy) is 1. The van der Waals surface area contributed by atoms with Crippen molar-refractivity contribution < 1.29 is 18.7 Å². The number of methoxy groups -OCH3 is 1. The van der Waals surface area contributed by atoms with E-state index < -0.39 is 23.7 Å². The van der Waals surface area contributed by atoms with Crippen LogP contribution in [0.2, 0.25) is 0 Å². The number of benzene rings is 1. The summed E-state index contributed by atoms with van der Waals surface area (Å²) in [5, 5.41) is 2.35. The van der Waals surface area contributed by atoms with Gasteiger partial charge in [-0.15, -0.1) is 0 Å². The normalized spacial score (nSPS) is 11.8. The zero-order chi connectivity index (χ0) is 13.0. The summed E-state index contributed by atoms with van der Waals surface area (Å²) in [6.07, 6.45) is 0. The van der Waals surface area contributed by atoms with Gasteiger partial charge >= 0.3 is 5.97 Å². The van der Waals surface area contributed by atoms with Crippen molar-refractivity contribution in [2.24, 2.45) is 0 Å². The maximum atomic E-state index is 13.4. The summed E-state index contributed by atoms with van der Waals surface area (Å²) in [6, 6.07) is 3.35. The number of halogens is 2. The van der Waals surface area contributed by atoms with E-state index in [2.05, 4.69) is 26.0 Å². The van der Waals surface area contributed by atoms with Gasteiger partial charge in [-0.05, 0) is 35.0 Å². The van der Waals surface area contributed by atoms with Gasteiger partial charge in [-0.1, -0.05) is 6.07 Å². The molecule has 0 aliphatic carbocycles. The largest absolute Gasteiger partial charge is 0.467 e. The van der Waals surface area contributed by atoms with E-state index in [1.165, 1.54) is 26.2 Å². The Morgan fingerprint density at radius 3 is 2.65 bits per heavy atom. The molecule has 0 bridgehead atoms. The maximum absolute atomic E-state index is 13.4. The van der Waals surface area contributed by atoms with Crippen molar-refractivity contribution in [2.45, 2.75) is 13.0 Å². The molecule has 17 heavy (non-hydrogen) atoms. The van der Waals surface area contributed by atoms with Crippen molar-refractivity contribution in [1.82, 2.24) is 5.32 Å². The Bertz CT molecular complexity index is 430. The lowest BCUT2D eigenvalue weighted by Gasteiger charge is -2.12. The first kappa shape index (κ1) is 13.6. The molecule has 0 aromatic heterocycles. The van der Waals surface area contributed by atoms with Gasteiger partial charge in [-0.2, -0.15) is 0 Å². The van der Waals surface area contributed by atoms with Crippen LogP contribution in [0.3, 0.4) is 0 Å². The van der Waals surface area contributed by atoms with Gasteiger partial charge in [0.1, 0.15) is 11.9 Å². The first-order valence-electron chi connectivity index (χ1n) is 4.80. The molecule has 1 aromatic rings. The lowest BCUT2D eigenvalue weighted by Crippen LogP contribution is -2.39. The molecule has 1 unspecified atom stereocenters. The summed E-state index contributed by atoms with van der Waals surface area (Å²) in [5.41, 5.74) is -0.136. The molecule has 0 aliphatic rings. The third-order valence-corrected chi connectivity index (χ3v) is 2.75. The van der Waals surface area contributed by atoms with E-state index in [4.69, 9.17) is 0 Å². The zero-order valence-corrected chi connectivity index (χ0v) is 10.9. The number of rotatable bonds is 3. The predicted octanol–water partition coefficient (Wildman–Crippen LogP) is 1.88. The second-order valence-corrected chi connectivity index (χ2v) is 4.17. The van der Waals surface area contributed by atoms with Gasteiger partial charge in [0.15, 0.2) is 0 Å². The number of carbonyl (C=O) groups excluding carboxylic acids is 2. The molecular weight excluding hydrogens is 293 g/mol. The number of carbonyl (C=O) groups is 2. The first-order valence-corrected chi connectivity index (χ1v) is 5.59. The van der Waals surface area contributed by atoms with Gasteiger partial charge in [-0.3, -0.25) is 4.79 Å². The topological polar surface area (TPSA) is 55.4 Å². The fraction of sp³-hybridized carbons (Fsp3) is 0.273. The van der Waals surface area contributed by atoms with Crippen LogP contribution in [0, 0.1) is 5.82 Å². The monoisotopic (exact) mass is 303 g/mol. The fourth-order valence-corrected chi connectivity index (χ4v) is 1.74. The van der Waals surface area contributed by atoms with E-state index in [1.54, 1.807) is 6.07 Å². The van der Waals surface area contributed by atoms with Gasteiger partial charge in [0.05, 0.1) is 12.7 Å². The van der Waals surface area contributed by atoms with Crippen LogP contribution in [0.25, 0.3) is 0 Å². The lowest BCUT2D eigenvalue weighted by molar-refractivity contribution is -0.142. The average Bonchev–Trinajstić information content (AvgIpc) is 2.27. The standard InChI is InChI=1S/C11H11BrFNO3/c1-6(11(16)17-2)14-10(15)9-7(12)4-3-5-8(9)13/h3-6H,1-2H3,(H,14,15).